The molecule has 1 aromatic rings. The summed E-state index contributed by atoms with van der Waals surface area (Å²) in [5.74, 6) is -0.851. The molecule has 1 aromatic carbocycles. The van der Waals surface area contributed by atoms with Crippen LogP contribution >= 0.6 is 0 Å². The van der Waals surface area contributed by atoms with Crippen molar-refractivity contribution in [2.24, 2.45) is 11.8 Å². The Bertz CT molecular complexity index is 528. The molecule has 112 valence electrons. The second-order valence-corrected chi connectivity index (χ2v) is 6.20. The number of carboxylic acids is 1. The predicted octanol–water partition coefficient (Wildman–Crippen LogP) is 2.55. The van der Waals surface area contributed by atoms with Gasteiger partial charge in [-0.3, -0.25) is 9.59 Å². The van der Waals surface area contributed by atoms with E-state index < -0.39 is 11.9 Å². The van der Waals surface area contributed by atoms with E-state index >= 15 is 0 Å². The number of aliphatic carboxylic acids is 1. The third-order valence-corrected chi connectivity index (χ3v) is 4.77. The monoisotopic (exact) mass is 287 g/mol. The summed E-state index contributed by atoms with van der Waals surface area (Å²) in [7, 11) is 0. The molecule has 1 amide bonds. The maximum Gasteiger partial charge on any atom is 0.308 e. The van der Waals surface area contributed by atoms with Crippen LogP contribution in [-0.4, -0.2) is 23.0 Å². The van der Waals surface area contributed by atoms with E-state index in [2.05, 4.69) is 17.4 Å². The smallest absolute Gasteiger partial charge is 0.308 e. The molecule has 0 heterocycles. The van der Waals surface area contributed by atoms with Crippen LogP contribution in [0.3, 0.4) is 0 Å². The van der Waals surface area contributed by atoms with Gasteiger partial charge in [-0.2, -0.15) is 0 Å². The van der Waals surface area contributed by atoms with Crippen molar-refractivity contribution < 1.29 is 14.7 Å². The third-order valence-electron chi connectivity index (χ3n) is 4.77. The molecule has 2 fully saturated rings. The molecule has 0 saturated heterocycles. The minimum absolute atomic E-state index is 0.0174. The van der Waals surface area contributed by atoms with Gasteiger partial charge in [0.05, 0.1) is 5.92 Å². The van der Waals surface area contributed by atoms with Gasteiger partial charge in [0.2, 0.25) is 5.91 Å². The number of hydrogen-bond acceptors (Lipinski definition) is 2. The Balaban J connectivity index is 1.58. The van der Waals surface area contributed by atoms with Gasteiger partial charge >= 0.3 is 5.97 Å². The molecule has 0 aromatic heterocycles. The first-order valence-corrected chi connectivity index (χ1v) is 7.75. The lowest BCUT2D eigenvalue weighted by Gasteiger charge is -2.29. The number of carbonyl (C=O) groups is 2. The molecule has 2 aliphatic carbocycles. The van der Waals surface area contributed by atoms with Crippen molar-refractivity contribution in [3.63, 3.8) is 0 Å². The van der Waals surface area contributed by atoms with Gasteiger partial charge in [0.15, 0.2) is 0 Å². The van der Waals surface area contributed by atoms with E-state index in [9.17, 15) is 14.7 Å². The van der Waals surface area contributed by atoms with Crippen molar-refractivity contribution in [1.29, 1.82) is 0 Å². The van der Waals surface area contributed by atoms with Crippen LogP contribution in [0.25, 0.3) is 0 Å². The van der Waals surface area contributed by atoms with Crippen LogP contribution in [-0.2, 0) is 9.59 Å². The zero-order valence-electron chi connectivity index (χ0n) is 12.0. The summed E-state index contributed by atoms with van der Waals surface area (Å²) >= 11 is 0. The largest absolute Gasteiger partial charge is 0.481 e. The molecule has 4 heteroatoms. The lowest BCUT2D eigenvalue weighted by Crippen LogP contribution is -2.45. The fourth-order valence-corrected chi connectivity index (χ4v) is 3.44. The number of benzene rings is 1. The van der Waals surface area contributed by atoms with E-state index in [1.54, 1.807) is 0 Å². The van der Waals surface area contributed by atoms with Gasteiger partial charge in [-0.1, -0.05) is 43.2 Å². The highest BCUT2D eigenvalue weighted by atomic mass is 16.4. The van der Waals surface area contributed by atoms with Crippen molar-refractivity contribution in [3.8, 4) is 0 Å². The summed E-state index contributed by atoms with van der Waals surface area (Å²) < 4.78 is 0. The quantitative estimate of drug-likeness (QED) is 0.894. The summed E-state index contributed by atoms with van der Waals surface area (Å²) in [6.45, 7) is 0. The first-order valence-electron chi connectivity index (χ1n) is 7.75. The van der Waals surface area contributed by atoms with Crippen LogP contribution in [0, 0.1) is 11.8 Å². The summed E-state index contributed by atoms with van der Waals surface area (Å²) in [6, 6.07) is 9.87. The Hall–Kier alpha value is -1.84. The standard InChI is InChI=1S/C17H21NO3/c19-16(14-10-13(14)11-6-2-1-3-7-11)18-15-9-5-4-8-12(15)17(20)21/h1-3,6-7,12-15H,4-5,8-10H2,(H,18,19)(H,20,21). The van der Waals surface area contributed by atoms with Gasteiger partial charge < -0.3 is 10.4 Å². The molecule has 2 saturated carbocycles. The summed E-state index contributed by atoms with van der Waals surface area (Å²) in [6.07, 6.45) is 4.28. The minimum atomic E-state index is -0.782. The van der Waals surface area contributed by atoms with E-state index in [1.165, 1.54) is 5.56 Å². The zero-order chi connectivity index (χ0) is 14.8. The van der Waals surface area contributed by atoms with Crippen LogP contribution in [0.1, 0.15) is 43.6 Å². The number of hydrogen-bond donors (Lipinski definition) is 2. The Morgan fingerprint density at radius 3 is 2.48 bits per heavy atom. The zero-order valence-corrected chi connectivity index (χ0v) is 12.0. The number of carboxylic acid groups (broad SMARTS) is 1. The molecule has 4 atom stereocenters. The third kappa shape index (κ3) is 3.09. The molecule has 0 spiro atoms. The Morgan fingerprint density at radius 1 is 1.05 bits per heavy atom. The van der Waals surface area contributed by atoms with Crippen LogP contribution < -0.4 is 5.32 Å². The van der Waals surface area contributed by atoms with Gasteiger partial charge in [0.25, 0.3) is 0 Å². The van der Waals surface area contributed by atoms with Gasteiger partial charge in [-0.05, 0) is 30.7 Å². The van der Waals surface area contributed by atoms with Crippen molar-refractivity contribution in [2.75, 3.05) is 0 Å². The number of rotatable bonds is 4. The van der Waals surface area contributed by atoms with Gasteiger partial charge in [0.1, 0.15) is 0 Å². The maximum absolute atomic E-state index is 12.3. The minimum Gasteiger partial charge on any atom is -0.481 e. The van der Waals surface area contributed by atoms with Crippen LogP contribution in [0.2, 0.25) is 0 Å². The van der Waals surface area contributed by atoms with Crippen molar-refractivity contribution in [1.82, 2.24) is 5.32 Å². The van der Waals surface area contributed by atoms with Crippen LogP contribution in [0.4, 0.5) is 0 Å². The molecule has 3 rings (SSSR count). The van der Waals surface area contributed by atoms with Crippen LogP contribution in [0.15, 0.2) is 30.3 Å². The normalized spacial score (nSPS) is 31.4. The highest BCUT2D eigenvalue weighted by molar-refractivity contribution is 5.84. The van der Waals surface area contributed by atoms with E-state index in [1.807, 2.05) is 18.2 Å². The molecule has 4 nitrogen and oxygen atoms in total. The van der Waals surface area contributed by atoms with Crippen molar-refractivity contribution in [3.05, 3.63) is 35.9 Å². The van der Waals surface area contributed by atoms with E-state index in [0.29, 0.717) is 12.3 Å². The molecular weight excluding hydrogens is 266 g/mol. The fourth-order valence-electron chi connectivity index (χ4n) is 3.44. The lowest BCUT2D eigenvalue weighted by molar-refractivity contribution is -0.144. The molecule has 4 unspecified atom stereocenters. The number of nitrogens with one attached hydrogen (secondary N) is 1. The second kappa shape index (κ2) is 5.88. The maximum atomic E-state index is 12.3. The SMILES string of the molecule is O=C(O)C1CCCCC1NC(=O)C1CC1c1ccccc1. The van der Waals surface area contributed by atoms with E-state index in [-0.39, 0.29) is 17.9 Å². The first-order chi connectivity index (χ1) is 10.2. The summed E-state index contributed by atoms with van der Waals surface area (Å²) in [5, 5.41) is 12.2. The van der Waals surface area contributed by atoms with Crippen molar-refractivity contribution in [2.45, 2.75) is 44.1 Å². The fraction of sp³-hybridized carbons (Fsp3) is 0.529. The Morgan fingerprint density at radius 2 is 1.76 bits per heavy atom. The van der Waals surface area contributed by atoms with Crippen LogP contribution in [0.5, 0.6) is 0 Å². The first kappa shape index (κ1) is 14.1. The Labute approximate surface area is 124 Å². The highest BCUT2D eigenvalue weighted by Gasteiger charge is 2.45. The van der Waals surface area contributed by atoms with Gasteiger partial charge in [0, 0.05) is 12.0 Å². The average Bonchev–Trinajstić information content (AvgIpc) is 3.29. The second-order valence-electron chi connectivity index (χ2n) is 6.20. The molecule has 0 aliphatic heterocycles. The molecule has 2 aliphatic rings. The molecular formula is C17H21NO3. The topological polar surface area (TPSA) is 66.4 Å². The average molecular weight is 287 g/mol. The highest BCUT2D eigenvalue weighted by Crippen LogP contribution is 2.47. The van der Waals surface area contributed by atoms with Crippen molar-refractivity contribution >= 4 is 11.9 Å². The molecule has 0 radical (unpaired) electrons. The molecule has 2 N–H and O–H groups in total. The van der Waals surface area contributed by atoms with E-state index in [0.717, 1.165) is 25.7 Å². The number of carbonyl (C=O) groups excluding carboxylic acids is 1. The Kier molecular flexibility index (Phi) is 3.95. The van der Waals surface area contributed by atoms with E-state index in [4.69, 9.17) is 0 Å². The van der Waals surface area contributed by atoms with Gasteiger partial charge in [-0.15, -0.1) is 0 Å². The summed E-state index contributed by atoms with van der Waals surface area (Å²) in [4.78, 5) is 23.6. The molecule has 0 bridgehead atoms. The molecule has 21 heavy (non-hydrogen) atoms. The predicted molar refractivity (Wildman–Crippen MR) is 78.8 cm³/mol. The lowest BCUT2D eigenvalue weighted by atomic mass is 9.84. The van der Waals surface area contributed by atoms with Gasteiger partial charge in [-0.25, -0.2) is 0 Å². The number of amides is 1. The summed E-state index contributed by atoms with van der Waals surface area (Å²) in [5.41, 5.74) is 1.20.